The minimum atomic E-state index is -0.0723. The van der Waals surface area contributed by atoms with E-state index in [-0.39, 0.29) is 16.2 Å². The second-order valence-corrected chi connectivity index (χ2v) is 28.1. The van der Waals surface area contributed by atoms with Crippen LogP contribution >= 0.6 is 0 Å². The van der Waals surface area contributed by atoms with Crippen LogP contribution in [0.25, 0.3) is 161 Å². The van der Waals surface area contributed by atoms with Crippen molar-refractivity contribution in [1.29, 1.82) is 0 Å². The smallest absolute Gasteiger partial charge is 0.237 e. The fourth-order valence-corrected chi connectivity index (χ4v) is 17.4. The summed E-state index contributed by atoms with van der Waals surface area (Å²) < 4.78 is 7.13. The fraction of sp³-hybridized carbons (Fsp3) is 0.101. The van der Waals surface area contributed by atoms with E-state index in [1.54, 1.807) is 0 Å². The number of fused-ring (bicyclic) bond motifs is 19. The molecule has 0 atom stereocenters. The van der Waals surface area contributed by atoms with Gasteiger partial charge in [0.1, 0.15) is 0 Å². The van der Waals surface area contributed by atoms with Gasteiger partial charge in [0.2, 0.25) is 5.95 Å². The Morgan fingerprint density at radius 2 is 0.564 bits per heavy atom. The average molecular weight is 1200 g/mol. The summed E-state index contributed by atoms with van der Waals surface area (Å²) in [5, 5.41) is 7.98. The van der Waals surface area contributed by atoms with Gasteiger partial charge in [-0.15, -0.1) is 0 Å². The van der Waals surface area contributed by atoms with Gasteiger partial charge in [-0.2, -0.15) is 4.98 Å². The molecule has 20 rings (SSSR count). The van der Waals surface area contributed by atoms with Gasteiger partial charge in [0.25, 0.3) is 0 Å². The Morgan fingerprint density at radius 3 is 1.01 bits per heavy atom. The molecule has 94 heavy (non-hydrogen) atoms. The molecule has 0 unspecified atom stereocenters. The molecule has 0 spiro atoms. The number of hydrogen-bond donors (Lipinski definition) is 0. The van der Waals surface area contributed by atoms with Gasteiger partial charge in [-0.1, -0.05) is 224 Å². The summed E-state index contributed by atoms with van der Waals surface area (Å²) in [6, 6.07) is 102. The first kappa shape index (κ1) is 53.3. The second-order valence-electron chi connectivity index (χ2n) is 28.1. The molecule has 17 aromatic rings. The van der Waals surface area contributed by atoms with Crippen LogP contribution < -0.4 is 0 Å². The van der Waals surface area contributed by atoms with Crippen LogP contribution in [-0.2, 0) is 16.2 Å². The quantitative estimate of drug-likeness (QED) is 0.166. The molecule has 3 aliphatic carbocycles. The molecule has 0 aliphatic heterocycles. The maximum Gasteiger partial charge on any atom is 0.237 e. The lowest BCUT2D eigenvalue weighted by molar-refractivity contribution is 0.660. The van der Waals surface area contributed by atoms with E-state index < -0.39 is 0 Å². The van der Waals surface area contributed by atoms with Crippen LogP contribution in [0.2, 0.25) is 0 Å². The number of hydrogen-bond acceptors (Lipinski definition) is 2. The largest absolute Gasteiger partial charge is 0.309 e. The Kier molecular flexibility index (Phi) is 10.7. The summed E-state index contributed by atoms with van der Waals surface area (Å²) in [5.74, 6) is 1.42. The van der Waals surface area contributed by atoms with E-state index in [1.165, 1.54) is 111 Å². The van der Waals surface area contributed by atoms with Crippen molar-refractivity contribution in [3.8, 4) is 84.2 Å². The Bertz CT molecular complexity index is 6210. The summed E-state index contributed by atoms with van der Waals surface area (Å²) in [6.07, 6.45) is 0. The van der Waals surface area contributed by atoms with Crippen molar-refractivity contribution >= 4 is 76.3 Å². The van der Waals surface area contributed by atoms with Gasteiger partial charge in [-0.25, -0.2) is 4.98 Å². The van der Waals surface area contributed by atoms with E-state index in [9.17, 15) is 0 Å². The maximum absolute atomic E-state index is 5.94. The molecule has 3 aliphatic rings. The van der Waals surface area contributed by atoms with Crippen LogP contribution in [0.5, 0.6) is 0 Å². The molecule has 13 aromatic carbocycles. The van der Waals surface area contributed by atoms with Crippen molar-refractivity contribution in [2.75, 3.05) is 0 Å². The predicted octanol–water partition coefficient (Wildman–Crippen LogP) is 22.8. The van der Waals surface area contributed by atoms with Crippen LogP contribution in [0.4, 0.5) is 0 Å². The highest BCUT2D eigenvalue weighted by Gasteiger charge is 2.38. The fourth-order valence-electron chi connectivity index (χ4n) is 17.4. The average Bonchev–Trinajstić information content (AvgIpc) is 1.55. The first-order valence-electron chi connectivity index (χ1n) is 33.0. The molecule has 0 saturated heterocycles. The number of aromatic nitrogens is 5. The van der Waals surface area contributed by atoms with E-state index in [1.807, 2.05) is 0 Å². The standard InChI is InChI=1S/C89H63N5/c1-87(2)72-25-13-7-19-59(72)65-45-52(31-38-75(65)87)55-34-42-82-68(48-55)62-22-10-16-28-79(62)92(82)58-37-41-78-71(51-58)85(93-80-29-17-11-23-63(80)69-49-56(35-43-83(69)93)53-32-39-76-66(46-53)60-20-8-14-26-73(60)88(76,3)4)91-86(90-78)94-81-30-18-12-24-64(81)70-50-57(36-44-84(70)94)54-33-40-77-67(47-54)61-21-9-15-27-74(61)89(77,5)6/h7-51H,1-6H3. The molecule has 0 N–H and O–H groups in total. The molecule has 4 heterocycles. The lowest BCUT2D eigenvalue weighted by Gasteiger charge is -2.21. The molecule has 0 amide bonds. The minimum absolute atomic E-state index is 0.0556. The SMILES string of the molecule is CC1(C)c2ccccc2-c2cc(-c3ccc4c(c3)c3ccccc3n4-c3ccc4nc(-n5c6ccccc6c6cc(-c7ccc8c(c7)-c7ccccc7C8(C)C)ccc65)nc(-n5c6ccccc6c6cc(-c7ccc8c(c7)-c7ccccc7C8(C)C)ccc65)c4c3)ccc21. The van der Waals surface area contributed by atoms with Crippen molar-refractivity contribution in [3.05, 3.63) is 306 Å². The highest BCUT2D eigenvalue weighted by molar-refractivity contribution is 6.14. The molecule has 0 saturated carbocycles. The summed E-state index contributed by atoms with van der Waals surface area (Å²) in [7, 11) is 0. The van der Waals surface area contributed by atoms with Crippen LogP contribution in [0, 0.1) is 0 Å². The predicted molar refractivity (Wildman–Crippen MR) is 392 cm³/mol. The summed E-state index contributed by atoms with van der Waals surface area (Å²) in [6.45, 7) is 14.1. The number of para-hydroxylation sites is 3. The molecule has 0 bridgehead atoms. The van der Waals surface area contributed by atoms with Crippen molar-refractivity contribution in [3.63, 3.8) is 0 Å². The van der Waals surface area contributed by atoms with Crippen LogP contribution in [0.3, 0.4) is 0 Å². The lowest BCUT2D eigenvalue weighted by atomic mass is 9.82. The Balaban J connectivity index is 0.789. The zero-order chi connectivity index (χ0) is 62.7. The Labute approximate surface area is 545 Å². The Hall–Kier alpha value is -11.4. The van der Waals surface area contributed by atoms with Crippen molar-refractivity contribution in [1.82, 2.24) is 23.7 Å². The monoisotopic (exact) mass is 1200 g/mol. The van der Waals surface area contributed by atoms with E-state index in [0.29, 0.717) is 5.95 Å². The van der Waals surface area contributed by atoms with Crippen molar-refractivity contribution in [2.45, 2.75) is 57.8 Å². The van der Waals surface area contributed by atoms with Crippen molar-refractivity contribution < 1.29 is 0 Å². The molecule has 0 fully saturated rings. The molecular formula is C89H63N5. The first-order valence-corrected chi connectivity index (χ1v) is 33.0. The summed E-state index contributed by atoms with van der Waals surface area (Å²) in [4.78, 5) is 11.6. The zero-order valence-electron chi connectivity index (χ0n) is 53.2. The van der Waals surface area contributed by atoms with Gasteiger partial charge >= 0.3 is 0 Å². The number of rotatable bonds is 6. The van der Waals surface area contributed by atoms with Gasteiger partial charge in [0.05, 0.1) is 38.6 Å². The van der Waals surface area contributed by atoms with Gasteiger partial charge < -0.3 is 4.57 Å². The summed E-state index contributed by atoms with van der Waals surface area (Å²) >= 11 is 0. The zero-order valence-corrected chi connectivity index (χ0v) is 53.2. The van der Waals surface area contributed by atoms with E-state index >= 15 is 0 Å². The molecule has 444 valence electrons. The minimum Gasteiger partial charge on any atom is -0.309 e. The lowest BCUT2D eigenvalue weighted by Crippen LogP contribution is -2.14. The van der Waals surface area contributed by atoms with Gasteiger partial charge in [-0.3, -0.25) is 9.13 Å². The number of benzene rings is 13. The van der Waals surface area contributed by atoms with Gasteiger partial charge in [0, 0.05) is 59.6 Å². The van der Waals surface area contributed by atoms with E-state index in [0.717, 1.165) is 77.1 Å². The first-order chi connectivity index (χ1) is 45.9. The van der Waals surface area contributed by atoms with Gasteiger partial charge in [0.15, 0.2) is 5.82 Å². The van der Waals surface area contributed by atoms with Crippen molar-refractivity contribution in [2.24, 2.45) is 0 Å². The summed E-state index contributed by atoms with van der Waals surface area (Å²) in [5.41, 5.74) is 31.6. The van der Waals surface area contributed by atoms with Crippen LogP contribution in [-0.4, -0.2) is 23.7 Å². The second kappa shape index (κ2) is 18.9. The third-order valence-electron chi connectivity index (χ3n) is 22.1. The molecule has 5 heteroatoms. The van der Waals surface area contributed by atoms with E-state index in [2.05, 4.69) is 328 Å². The highest BCUT2D eigenvalue weighted by Crippen LogP contribution is 2.53. The molecule has 4 aromatic heterocycles. The van der Waals surface area contributed by atoms with Gasteiger partial charge in [-0.05, 0) is 191 Å². The molecule has 5 nitrogen and oxygen atoms in total. The van der Waals surface area contributed by atoms with Crippen LogP contribution in [0.15, 0.2) is 273 Å². The van der Waals surface area contributed by atoms with E-state index in [4.69, 9.17) is 9.97 Å². The Morgan fingerprint density at radius 1 is 0.234 bits per heavy atom. The third kappa shape index (κ3) is 7.24. The third-order valence-corrected chi connectivity index (χ3v) is 22.1. The highest BCUT2D eigenvalue weighted by atomic mass is 15.2. The van der Waals surface area contributed by atoms with Crippen LogP contribution in [0.1, 0.15) is 74.9 Å². The normalized spacial score (nSPS) is 14.5. The maximum atomic E-state index is 5.94. The molecule has 0 radical (unpaired) electrons. The topological polar surface area (TPSA) is 40.6 Å². The molecular weight excluding hydrogens is 1140 g/mol. The number of nitrogens with zero attached hydrogens (tertiary/aromatic N) is 5.